The van der Waals surface area contributed by atoms with Crippen molar-refractivity contribution in [3.63, 3.8) is 0 Å². The van der Waals surface area contributed by atoms with Gasteiger partial charge >= 0.3 is 12.1 Å². The fourth-order valence-electron chi connectivity index (χ4n) is 1.93. The number of nitrogens with two attached hydrogens (primary N) is 1. The van der Waals surface area contributed by atoms with Crippen LogP contribution in [0.5, 0.6) is 0 Å². The molecule has 0 aliphatic heterocycles. The minimum atomic E-state index is -1.53. The topological polar surface area (TPSA) is 131 Å². The van der Waals surface area contributed by atoms with Gasteiger partial charge in [-0.2, -0.15) is 0 Å². The zero-order valence-corrected chi connectivity index (χ0v) is 15.5. The Morgan fingerprint density at radius 2 is 1.62 bits per heavy atom. The van der Waals surface area contributed by atoms with Crippen molar-refractivity contribution >= 4 is 18.0 Å². The highest BCUT2D eigenvalue weighted by Gasteiger charge is 2.37. The van der Waals surface area contributed by atoms with Crippen molar-refractivity contribution in [3.05, 3.63) is 0 Å². The van der Waals surface area contributed by atoms with Gasteiger partial charge in [0.2, 0.25) is 5.91 Å². The zero-order valence-electron chi connectivity index (χ0n) is 15.5. The number of carbonyl (C=O) groups excluding carboxylic acids is 2. The molecule has 140 valence electrons. The van der Waals surface area contributed by atoms with Crippen LogP contribution in [0.15, 0.2) is 0 Å². The lowest BCUT2D eigenvalue weighted by Crippen LogP contribution is -2.59. The van der Waals surface area contributed by atoms with Crippen molar-refractivity contribution < 1.29 is 24.2 Å². The Kier molecular flexibility index (Phi) is 7.69. The number of hydrogen-bond donors (Lipinski definition) is 4. The van der Waals surface area contributed by atoms with Crippen LogP contribution in [-0.2, 0) is 14.3 Å². The monoisotopic (exact) mass is 345 g/mol. The number of nitrogens with one attached hydrogen (secondary N) is 2. The Labute approximate surface area is 143 Å². The van der Waals surface area contributed by atoms with Crippen molar-refractivity contribution in [1.29, 1.82) is 0 Å². The smallest absolute Gasteiger partial charge is 0.407 e. The van der Waals surface area contributed by atoms with Crippen LogP contribution in [-0.4, -0.2) is 46.3 Å². The van der Waals surface area contributed by atoms with Crippen molar-refractivity contribution in [1.82, 2.24) is 10.6 Å². The minimum absolute atomic E-state index is 0.122. The summed E-state index contributed by atoms with van der Waals surface area (Å²) in [6.45, 7) is 10.8. The first-order valence-electron chi connectivity index (χ1n) is 7.95. The number of amides is 2. The molecular weight excluding hydrogens is 314 g/mol. The molecule has 0 aliphatic rings. The Balaban J connectivity index is 4.61. The summed E-state index contributed by atoms with van der Waals surface area (Å²) >= 11 is 0. The number of alkyl carbamates (subject to hydrolysis) is 1. The highest BCUT2D eigenvalue weighted by Crippen LogP contribution is 2.17. The third-order valence-electron chi connectivity index (χ3n) is 2.88. The van der Waals surface area contributed by atoms with Crippen molar-refractivity contribution in [2.24, 2.45) is 5.73 Å². The highest BCUT2D eigenvalue weighted by molar-refractivity contribution is 5.90. The molecule has 8 nitrogen and oxygen atoms in total. The molecule has 0 aromatic heterocycles. The van der Waals surface area contributed by atoms with E-state index >= 15 is 0 Å². The first-order chi connectivity index (χ1) is 10.6. The second kappa shape index (κ2) is 8.32. The van der Waals surface area contributed by atoms with Gasteiger partial charge in [-0.3, -0.25) is 9.59 Å². The van der Waals surface area contributed by atoms with Gasteiger partial charge < -0.3 is 26.2 Å². The number of hydrogen-bond acceptors (Lipinski definition) is 5. The molecule has 0 radical (unpaired) electrons. The van der Waals surface area contributed by atoms with E-state index in [9.17, 15) is 14.4 Å². The lowest BCUT2D eigenvalue weighted by Gasteiger charge is -2.31. The molecule has 24 heavy (non-hydrogen) atoms. The van der Waals surface area contributed by atoms with Gasteiger partial charge in [-0.15, -0.1) is 0 Å². The van der Waals surface area contributed by atoms with Crippen LogP contribution in [0, 0.1) is 0 Å². The van der Waals surface area contributed by atoms with Gasteiger partial charge in [-0.25, -0.2) is 4.79 Å². The summed E-state index contributed by atoms with van der Waals surface area (Å²) in [6, 6.07) is 0. The maximum absolute atomic E-state index is 12.3. The second-order valence-corrected chi connectivity index (χ2v) is 7.96. The molecule has 0 unspecified atom stereocenters. The number of carbonyl (C=O) groups is 3. The van der Waals surface area contributed by atoms with Crippen LogP contribution in [0.4, 0.5) is 4.79 Å². The normalized spacial score (nSPS) is 14.5. The molecule has 0 aromatic rings. The summed E-state index contributed by atoms with van der Waals surface area (Å²) in [4.78, 5) is 34.9. The molecule has 0 saturated heterocycles. The Hall–Kier alpha value is -1.83. The predicted molar refractivity (Wildman–Crippen MR) is 90.5 cm³/mol. The summed E-state index contributed by atoms with van der Waals surface area (Å²) in [7, 11) is 0. The molecule has 0 heterocycles. The average molecular weight is 345 g/mol. The van der Waals surface area contributed by atoms with Gasteiger partial charge in [0.15, 0.2) is 0 Å². The summed E-state index contributed by atoms with van der Waals surface area (Å²) in [6.07, 6.45) is -0.582. The van der Waals surface area contributed by atoms with Crippen molar-refractivity contribution in [3.8, 4) is 0 Å². The van der Waals surface area contributed by atoms with Gasteiger partial charge in [0, 0.05) is 12.1 Å². The summed E-state index contributed by atoms with van der Waals surface area (Å²) in [5.74, 6) is -1.67. The van der Waals surface area contributed by atoms with E-state index in [2.05, 4.69) is 10.6 Å². The van der Waals surface area contributed by atoms with E-state index in [1.54, 1.807) is 41.5 Å². The van der Waals surface area contributed by atoms with Gasteiger partial charge in [-0.1, -0.05) is 0 Å². The van der Waals surface area contributed by atoms with Crippen LogP contribution in [0.1, 0.15) is 60.8 Å². The predicted octanol–water partition coefficient (Wildman–Crippen LogP) is 1.38. The first kappa shape index (κ1) is 22.2. The van der Waals surface area contributed by atoms with Gasteiger partial charge in [-0.05, 0) is 54.4 Å². The molecule has 0 fully saturated rings. The van der Waals surface area contributed by atoms with Crippen LogP contribution in [0.2, 0.25) is 0 Å². The third-order valence-corrected chi connectivity index (χ3v) is 2.88. The number of carboxylic acids is 1. The number of aliphatic carboxylic acids is 1. The lowest BCUT2D eigenvalue weighted by atomic mass is 9.88. The van der Waals surface area contributed by atoms with Crippen LogP contribution >= 0.6 is 0 Å². The Morgan fingerprint density at radius 3 is 2.04 bits per heavy atom. The number of rotatable bonds is 7. The minimum Gasteiger partial charge on any atom is -0.481 e. The molecule has 0 aliphatic carbocycles. The van der Waals surface area contributed by atoms with Gasteiger partial charge in [0.1, 0.15) is 11.1 Å². The lowest BCUT2D eigenvalue weighted by molar-refractivity contribution is -0.142. The Morgan fingerprint density at radius 1 is 1.08 bits per heavy atom. The van der Waals surface area contributed by atoms with E-state index in [0.29, 0.717) is 6.42 Å². The number of ether oxygens (including phenoxy) is 1. The standard InChI is InChI=1S/C16H31N3O5/c1-14(2,3)19-12(22)16(17,10-11(20)21)8-7-9-18-13(23)24-15(4,5)6/h7-10,17H2,1-6H3,(H,18,23)(H,19,22)(H,20,21)/t16-/m0/s1. The summed E-state index contributed by atoms with van der Waals surface area (Å²) in [5, 5.41) is 14.3. The molecule has 0 saturated carbocycles. The molecule has 8 heteroatoms. The third kappa shape index (κ3) is 10.0. The van der Waals surface area contributed by atoms with Crippen molar-refractivity contribution in [2.45, 2.75) is 77.5 Å². The average Bonchev–Trinajstić information content (AvgIpc) is 2.29. The number of carboxylic acid groups (broad SMARTS) is 1. The maximum atomic E-state index is 12.3. The molecule has 0 rings (SSSR count). The first-order valence-corrected chi connectivity index (χ1v) is 7.95. The fourth-order valence-corrected chi connectivity index (χ4v) is 1.93. The molecule has 1 atom stereocenters. The summed E-state index contributed by atoms with van der Waals surface area (Å²) in [5.41, 5.74) is 3.38. The summed E-state index contributed by atoms with van der Waals surface area (Å²) < 4.78 is 5.09. The quantitative estimate of drug-likeness (QED) is 0.516. The van der Waals surface area contributed by atoms with E-state index < -0.39 is 41.1 Å². The molecule has 5 N–H and O–H groups in total. The second-order valence-electron chi connectivity index (χ2n) is 7.96. The van der Waals surface area contributed by atoms with E-state index in [-0.39, 0.29) is 13.0 Å². The van der Waals surface area contributed by atoms with Crippen LogP contribution in [0.3, 0.4) is 0 Å². The molecule has 0 aromatic carbocycles. The van der Waals surface area contributed by atoms with E-state index in [4.69, 9.17) is 15.6 Å². The van der Waals surface area contributed by atoms with Crippen LogP contribution in [0.25, 0.3) is 0 Å². The van der Waals surface area contributed by atoms with E-state index in [1.165, 1.54) is 0 Å². The van der Waals surface area contributed by atoms with Gasteiger partial charge in [0.05, 0.1) is 6.42 Å². The maximum Gasteiger partial charge on any atom is 0.407 e. The molecular formula is C16H31N3O5. The molecule has 0 spiro atoms. The Bertz CT molecular complexity index is 465. The van der Waals surface area contributed by atoms with Crippen molar-refractivity contribution in [2.75, 3.05) is 6.54 Å². The molecule has 2 amide bonds. The zero-order chi connectivity index (χ0) is 19.2. The van der Waals surface area contributed by atoms with Gasteiger partial charge in [0.25, 0.3) is 0 Å². The van der Waals surface area contributed by atoms with Crippen LogP contribution < -0.4 is 16.4 Å². The largest absolute Gasteiger partial charge is 0.481 e. The SMILES string of the molecule is CC(C)(C)NC(=O)[C@](N)(CCCNC(=O)OC(C)(C)C)CC(=O)O. The van der Waals surface area contributed by atoms with E-state index in [0.717, 1.165) is 0 Å². The fraction of sp³-hybridized carbons (Fsp3) is 0.812. The van der Waals surface area contributed by atoms with E-state index in [1.807, 2.05) is 0 Å². The molecule has 0 bridgehead atoms. The highest BCUT2D eigenvalue weighted by atomic mass is 16.6.